The van der Waals surface area contributed by atoms with E-state index in [0.29, 0.717) is 22.1 Å². The van der Waals surface area contributed by atoms with Crippen LogP contribution in [0.25, 0.3) is 11.3 Å². The molecule has 33 heavy (non-hydrogen) atoms. The van der Waals surface area contributed by atoms with Gasteiger partial charge < -0.3 is 19.5 Å². The Bertz CT molecular complexity index is 1100. The zero-order valence-corrected chi connectivity index (χ0v) is 17.8. The fraction of sp³-hybridized carbons (Fsp3) is 0.190. The highest BCUT2D eigenvalue weighted by Gasteiger charge is 2.13. The van der Waals surface area contributed by atoms with Gasteiger partial charge in [0.05, 0.1) is 18.6 Å². The minimum Gasteiger partial charge on any atom is -0.493 e. The van der Waals surface area contributed by atoms with Crippen LogP contribution in [0.1, 0.15) is 0 Å². The summed E-state index contributed by atoms with van der Waals surface area (Å²) in [5.74, 6) is -0.570. The first-order chi connectivity index (χ1) is 15.8. The smallest absolute Gasteiger partial charge is 0.387 e. The van der Waals surface area contributed by atoms with E-state index in [2.05, 4.69) is 24.8 Å². The zero-order chi connectivity index (χ0) is 23.8. The highest BCUT2D eigenvalue weighted by molar-refractivity contribution is 7.99. The Morgan fingerprint density at radius 2 is 1.82 bits per heavy atom. The van der Waals surface area contributed by atoms with Crippen LogP contribution >= 0.6 is 11.8 Å². The average molecular weight is 483 g/mol. The van der Waals surface area contributed by atoms with E-state index in [9.17, 15) is 22.4 Å². The molecule has 174 valence electrons. The molecule has 0 aliphatic rings. The van der Waals surface area contributed by atoms with Crippen molar-refractivity contribution in [3.05, 3.63) is 54.7 Å². The maximum atomic E-state index is 12.4. The molecule has 1 heterocycles. The molecule has 0 atom stereocenters. The molecule has 0 bridgehead atoms. The third-order valence-corrected chi connectivity index (χ3v) is 4.85. The Labute approximate surface area is 190 Å². The molecule has 0 saturated heterocycles. The molecule has 1 amide bonds. The molecule has 12 heteroatoms. The monoisotopic (exact) mass is 483 g/mol. The summed E-state index contributed by atoms with van der Waals surface area (Å²) >= 11 is 1.05. The standard InChI is InChI=1S/C21H17F4N3O4S/c1-30-17-10-13(5-6-16(17)32-20(24)25)27-18(29)11-33-21-26-8-7-15(28-21)12-3-2-4-14(9-12)31-19(22)23/h2-10,19-20H,11H2,1H3,(H,27,29). The quantitative estimate of drug-likeness (QED) is 0.245. The maximum Gasteiger partial charge on any atom is 0.387 e. The summed E-state index contributed by atoms with van der Waals surface area (Å²) in [6.07, 6.45) is 1.48. The van der Waals surface area contributed by atoms with E-state index in [1.54, 1.807) is 18.2 Å². The van der Waals surface area contributed by atoms with Gasteiger partial charge in [0.25, 0.3) is 0 Å². The molecular weight excluding hydrogens is 466 g/mol. The third kappa shape index (κ3) is 7.24. The molecule has 0 fully saturated rings. The minimum atomic E-state index is -3.01. The van der Waals surface area contributed by atoms with E-state index >= 15 is 0 Å². The predicted molar refractivity (Wildman–Crippen MR) is 113 cm³/mol. The van der Waals surface area contributed by atoms with Gasteiger partial charge in [-0.2, -0.15) is 17.6 Å². The number of carbonyl (C=O) groups excluding carboxylic acids is 1. The van der Waals surface area contributed by atoms with Crippen LogP contribution in [0.15, 0.2) is 59.9 Å². The molecule has 1 aromatic heterocycles. The molecule has 2 aromatic carbocycles. The van der Waals surface area contributed by atoms with Gasteiger partial charge in [0, 0.05) is 23.5 Å². The number of hydrogen-bond acceptors (Lipinski definition) is 7. The number of ether oxygens (including phenoxy) is 3. The van der Waals surface area contributed by atoms with Crippen molar-refractivity contribution >= 4 is 23.4 Å². The maximum absolute atomic E-state index is 12.4. The lowest BCUT2D eigenvalue weighted by atomic mass is 10.1. The normalized spacial score (nSPS) is 10.9. The van der Waals surface area contributed by atoms with Crippen molar-refractivity contribution in [1.29, 1.82) is 0 Å². The van der Waals surface area contributed by atoms with Crippen LogP contribution in [-0.4, -0.2) is 42.0 Å². The minimum absolute atomic E-state index is 0.00455. The molecule has 1 N–H and O–H groups in total. The highest BCUT2D eigenvalue weighted by Crippen LogP contribution is 2.31. The molecule has 3 aromatic rings. The Morgan fingerprint density at radius 1 is 1.03 bits per heavy atom. The van der Waals surface area contributed by atoms with Crippen molar-refractivity contribution in [2.24, 2.45) is 0 Å². The van der Waals surface area contributed by atoms with Crippen LogP contribution in [0.4, 0.5) is 23.2 Å². The number of carbonyl (C=O) groups is 1. The van der Waals surface area contributed by atoms with Crippen molar-refractivity contribution in [1.82, 2.24) is 9.97 Å². The number of hydrogen-bond donors (Lipinski definition) is 1. The molecule has 0 saturated carbocycles. The van der Waals surface area contributed by atoms with Crippen LogP contribution in [-0.2, 0) is 4.79 Å². The first kappa shape index (κ1) is 24.1. The van der Waals surface area contributed by atoms with Crippen molar-refractivity contribution in [2.75, 3.05) is 18.2 Å². The Hall–Kier alpha value is -3.54. The molecule has 0 aliphatic carbocycles. The second kappa shape index (κ2) is 11.4. The SMILES string of the molecule is COc1cc(NC(=O)CSc2nccc(-c3cccc(OC(F)F)c3)n2)ccc1OC(F)F. The van der Waals surface area contributed by atoms with Gasteiger partial charge in [0.1, 0.15) is 5.75 Å². The van der Waals surface area contributed by atoms with E-state index in [1.807, 2.05) is 0 Å². The van der Waals surface area contributed by atoms with Crippen molar-refractivity contribution in [3.63, 3.8) is 0 Å². The lowest BCUT2D eigenvalue weighted by Gasteiger charge is -2.12. The van der Waals surface area contributed by atoms with Gasteiger partial charge in [0.2, 0.25) is 5.91 Å². The summed E-state index contributed by atoms with van der Waals surface area (Å²) in [5, 5.41) is 2.91. The number of aromatic nitrogens is 2. The molecular formula is C21H17F4N3O4S. The number of methoxy groups -OCH3 is 1. The summed E-state index contributed by atoms with van der Waals surface area (Å²) in [6, 6.07) is 11.7. The number of thioether (sulfide) groups is 1. The lowest BCUT2D eigenvalue weighted by Crippen LogP contribution is -2.14. The van der Waals surface area contributed by atoms with Crippen LogP contribution in [0, 0.1) is 0 Å². The number of rotatable bonds is 10. The van der Waals surface area contributed by atoms with Crippen LogP contribution in [0.3, 0.4) is 0 Å². The number of anilines is 1. The Balaban J connectivity index is 1.62. The molecule has 7 nitrogen and oxygen atoms in total. The van der Waals surface area contributed by atoms with Gasteiger partial charge in [-0.25, -0.2) is 9.97 Å². The van der Waals surface area contributed by atoms with Crippen molar-refractivity contribution < 1.29 is 36.6 Å². The number of nitrogens with zero attached hydrogens (tertiary/aromatic N) is 2. The van der Waals surface area contributed by atoms with Crippen LogP contribution < -0.4 is 19.5 Å². The second-order valence-corrected chi connectivity index (χ2v) is 7.15. The van der Waals surface area contributed by atoms with E-state index in [0.717, 1.165) is 11.8 Å². The molecule has 0 radical (unpaired) electrons. The van der Waals surface area contributed by atoms with Gasteiger partial charge in [-0.3, -0.25) is 4.79 Å². The first-order valence-corrected chi connectivity index (χ1v) is 10.3. The van der Waals surface area contributed by atoms with Gasteiger partial charge in [-0.15, -0.1) is 0 Å². The predicted octanol–water partition coefficient (Wildman–Crippen LogP) is 5.09. The summed E-state index contributed by atoms with van der Waals surface area (Å²) in [5.41, 5.74) is 1.33. The van der Waals surface area contributed by atoms with Gasteiger partial charge in [-0.1, -0.05) is 23.9 Å². The molecule has 0 spiro atoms. The fourth-order valence-corrected chi connectivity index (χ4v) is 3.30. The average Bonchev–Trinajstić information content (AvgIpc) is 2.78. The van der Waals surface area contributed by atoms with Crippen LogP contribution in [0.5, 0.6) is 17.2 Å². The second-order valence-electron chi connectivity index (χ2n) is 6.21. The number of alkyl halides is 4. The van der Waals surface area contributed by atoms with Gasteiger partial charge in [-0.05, 0) is 30.3 Å². The Kier molecular flexibility index (Phi) is 8.30. The van der Waals surface area contributed by atoms with Gasteiger partial charge in [0.15, 0.2) is 16.7 Å². The van der Waals surface area contributed by atoms with Crippen LogP contribution in [0.2, 0.25) is 0 Å². The van der Waals surface area contributed by atoms with Crippen molar-refractivity contribution in [2.45, 2.75) is 18.4 Å². The zero-order valence-electron chi connectivity index (χ0n) is 17.0. The summed E-state index contributed by atoms with van der Waals surface area (Å²) in [7, 11) is 1.29. The summed E-state index contributed by atoms with van der Waals surface area (Å²) in [4.78, 5) is 20.7. The number of halogens is 4. The largest absolute Gasteiger partial charge is 0.493 e. The lowest BCUT2D eigenvalue weighted by molar-refractivity contribution is -0.113. The third-order valence-electron chi connectivity index (χ3n) is 3.98. The molecule has 0 unspecified atom stereocenters. The Morgan fingerprint density at radius 3 is 2.55 bits per heavy atom. The van der Waals surface area contributed by atoms with E-state index in [-0.39, 0.29) is 23.0 Å². The van der Waals surface area contributed by atoms with E-state index in [4.69, 9.17) is 4.74 Å². The summed E-state index contributed by atoms with van der Waals surface area (Å²) < 4.78 is 63.4. The van der Waals surface area contributed by atoms with Crippen molar-refractivity contribution in [3.8, 4) is 28.5 Å². The number of nitrogens with one attached hydrogen (secondary N) is 1. The first-order valence-electron chi connectivity index (χ1n) is 9.28. The van der Waals surface area contributed by atoms with E-state index in [1.165, 1.54) is 43.6 Å². The van der Waals surface area contributed by atoms with Gasteiger partial charge >= 0.3 is 13.2 Å². The number of amides is 1. The highest BCUT2D eigenvalue weighted by atomic mass is 32.2. The summed E-state index contributed by atoms with van der Waals surface area (Å²) in [6.45, 7) is -5.95. The molecule has 0 aliphatic heterocycles. The molecule has 3 rings (SSSR count). The van der Waals surface area contributed by atoms with E-state index < -0.39 is 19.1 Å². The fourth-order valence-electron chi connectivity index (χ4n) is 2.67. The topological polar surface area (TPSA) is 82.6 Å². The number of benzene rings is 2.